The number of unbranched alkanes of at least 4 members (excludes halogenated alkanes) is 1. The molecule has 4 nitrogen and oxygen atoms in total. The zero-order valence-electron chi connectivity index (χ0n) is 11.0. The fourth-order valence-electron chi connectivity index (χ4n) is 1.39. The number of hydrogen-bond acceptors (Lipinski definition) is 3. The third kappa shape index (κ3) is 7.65. The average Bonchev–Trinajstić information content (AvgIpc) is 2.26. The van der Waals surface area contributed by atoms with Gasteiger partial charge < -0.3 is 15.4 Å². The lowest BCUT2D eigenvalue weighted by atomic mass is 10.2. The highest BCUT2D eigenvalue weighted by Gasteiger charge is 2.14. The predicted octanol–water partition coefficient (Wildman–Crippen LogP) is 1.31. The molecule has 2 atom stereocenters. The lowest BCUT2D eigenvalue weighted by molar-refractivity contribution is -0.123. The minimum Gasteiger partial charge on any atom is -0.380 e. The van der Waals surface area contributed by atoms with E-state index in [1.807, 2.05) is 20.8 Å². The zero-order valence-corrected chi connectivity index (χ0v) is 11.0. The van der Waals surface area contributed by atoms with Crippen molar-refractivity contribution in [3.05, 3.63) is 0 Å². The maximum absolute atomic E-state index is 11.6. The zero-order chi connectivity index (χ0) is 12.4. The SMILES string of the molecule is CCCCNC(=O)C(C)NC(C)COCC. The van der Waals surface area contributed by atoms with E-state index in [-0.39, 0.29) is 18.0 Å². The first-order chi connectivity index (χ1) is 7.61. The summed E-state index contributed by atoms with van der Waals surface area (Å²) in [5.74, 6) is 0.0665. The molecule has 0 spiro atoms. The number of ether oxygens (including phenoxy) is 1. The molecular formula is C12H26N2O2. The van der Waals surface area contributed by atoms with Crippen LogP contribution >= 0.6 is 0 Å². The Labute approximate surface area is 99.1 Å². The molecule has 2 unspecified atom stereocenters. The second-order valence-corrected chi connectivity index (χ2v) is 4.09. The summed E-state index contributed by atoms with van der Waals surface area (Å²) in [5, 5.41) is 6.11. The van der Waals surface area contributed by atoms with Crippen LogP contribution < -0.4 is 10.6 Å². The van der Waals surface area contributed by atoms with Crippen molar-refractivity contribution >= 4 is 5.91 Å². The van der Waals surface area contributed by atoms with E-state index in [9.17, 15) is 4.79 Å². The van der Waals surface area contributed by atoms with Gasteiger partial charge in [-0.15, -0.1) is 0 Å². The van der Waals surface area contributed by atoms with Crippen LogP contribution in [0.25, 0.3) is 0 Å². The van der Waals surface area contributed by atoms with Crippen LogP contribution in [0.5, 0.6) is 0 Å². The Morgan fingerprint density at radius 3 is 2.56 bits per heavy atom. The number of hydrogen-bond donors (Lipinski definition) is 2. The Balaban J connectivity index is 3.68. The standard InChI is InChI=1S/C12H26N2O2/c1-5-7-8-13-12(15)11(4)14-10(3)9-16-6-2/h10-11,14H,5-9H2,1-4H3,(H,13,15). The van der Waals surface area contributed by atoms with E-state index in [2.05, 4.69) is 17.6 Å². The number of amides is 1. The molecule has 0 aliphatic carbocycles. The van der Waals surface area contributed by atoms with Gasteiger partial charge in [0.25, 0.3) is 0 Å². The highest BCUT2D eigenvalue weighted by Crippen LogP contribution is 1.90. The molecule has 0 aromatic heterocycles. The first-order valence-corrected chi connectivity index (χ1v) is 6.23. The minimum atomic E-state index is -0.160. The van der Waals surface area contributed by atoms with Crippen LogP contribution in [0.3, 0.4) is 0 Å². The molecule has 0 radical (unpaired) electrons. The summed E-state index contributed by atoms with van der Waals surface area (Å²) in [4.78, 5) is 11.6. The van der Waals surface area contributed by atoms with E-state index in [1.165, 1.54) is 0 Å². The Morgan fingerprint density at radius 1 is 1.31 bits per heavy atom. The van der Waals surface area contributed by atoms with Gasteiger partial charge in [-0.2, -0.15) is 0 Å². The highest BCUT2D eigenvalue weighted by atomic mass is 16.5. The van der Waals surface area contributed by atoms with Crippen LogP contribution in [0.2, 0.25) is 0 Å². The van der Waals surface area contributed by atoms with E-state index in [0.717, 1.165) is 19.4 Å². The van der Waals surface area contributed by atoms with Crippen molar-refractivity contribution in [1.29, 1.82) is 0 Å². The second kappa shape index (κ2) is 9.60. The Morgan fingerprint density at radius 2 is 2.00 bits per heavy atom. The van der Waals surface area contributed by atoms with Gasteiger partial charge in [0.15, 0.2) is 0 Å². The van der Waals surface area contributed by atoms with Crippen molar-refractivity contribution in [2.75, 3.05) is 19.8 Å². The summed E-state index contributed by atoms with van der Waals surface area (Å²) in [6.07, 6.45) is 2.13. The van der Waals surface area contributed by atoms with E-state index in [0.29, 0.717) is 13.2 Å². The molecule has 4 heteroatoms. The molecule has 0 aromatic rings. The molecule has 0 saturated heterocycles. The van der Waals surface area contributed by atoms with Gasteiger partial charge >= 0.3 is 0 Å². The third-order valence-electron chi connectivity index (χ3n) is 2.33. The normalized spacial score (nSPS) is 14.5. The summed E-state index contributed by atoms with van der Waals surface area (Å²) < 4.78 is 5.28. The Hall–Kier alpha value is -0.610. The molecule has 0 aromatic carbocycles. The van der Waals surface area contributed by atoms with Gasteiger partial charge in [-0.3, -0.25) is 4.79 Å². The number of rotatable bonds is 9. The maximum atomic E-state index is 11.6. The van der Waals surface area contributed by atoms with Crippen LogP contribution in [0.15, 0.2) is 0 Å². The molecule has 0 rings (SSSR count). The molecule has 0 saturated carbocycles. The van der Waals surface area contributed by atoms with Crippen molar-refractivity contribution in [1.82, 2.24) is 10.6 Å². The van der Waals surface area contributed by atoms with Gasteiger partial charge in [0.2, 0.25) is 5.91 Å². The molecule has 1 amide bonds. The van der Waals surface area contributed by atoms with Gasteiger partial charge in [0, 0.05) is 19.2 Å². The smallest absolute Gasteiger partial charge is 0.236 e. The fourth-order valence-corrected chi connectivity index (χ4v) is 1.39. The van der Waals surface area contributed by atoms with E-state index in [1.54, 1.807) is 0 Å². The van der Waals surface area contributed by atoms with Crippen molar-refractivity contribution in [3.8, 4) is 0 Å². The molecular weight excluding hydrogens is 204 g/mol. The lowest BCUT2D eigenvalue weighted by Gasteiger charge is -2.19. The van der Waals surface area contributed by atoms with Crippen LogP contribution in [0, 0.1) is 0 Å². The summed E-state index contributed by atoms with van der Waals surface area (Å²) in [6, 6.07) is 0.0409. The van der Waals surface area contributed by atoms with Crippen molar-refractivity contribution < 1.29 is 9.53 Å². The monoisotopic (exact) mass is 230 g/mol. The van der Waals surface area contributed by atoms with Crippen LogP contribution in [0.4, 0.5) is 0 Å². The number of nitrogens with one attached hydrogen (secondary N) is 2. The molecule has 0 bridgehead atoms. The van der Waals surface area contributed by atoms with Crippen LogP contribution in [-0.2, 0) is 9.53 Å². The number of carbonyl (C=O) groups excluding carboxylic acids is 1. The van der Waals surface area contributed by atoms with Gasteiger partial charge in [-0.25, -0.2) is 0 Å². The minimum absolute atomic E-state index is 0.0665. The molecule has 0 heterocycles. The molecule has 16 heavy (non-hydrogen) atoms. The largest absolute Gasteiger partial charge is 0.380 e. The van der Waals surface area contributed by atoms with Crippen LogP contribution in [0.1, 0.15) is 40.5 Å². The fraction of sp³-hybridized carbons (Fsp3) is 0.917. The average molecular weight is 230 g/mol. The van der Waals surface area contributed by atoms with Gasteiger partial charge in [-0.05, 0) is 27.2 Å². The Kier molecular flexibility index (Phi) is 9.24. The van der Waals surface area contributed by atoms with Gasteiger partial charge in [0.05, 0.1) is 12.6 Å². The lowest BCUT2D eigenvalue weighted by Crippen LogP contribution is -2.47. The molecule has 0 aliphatic rings. The predicted molar refractivity (Wildman–Crippen MR) is 66.5 cm³/mol. The quantitative estimate of drug-likeness (QED) is 0.587. The Bertz CT molecular complexity index is 186. The third-order valence-corrected chi connectivity index (χ3v) is 2.33. The van der Waals surface area contributed by atoms with Crippen molar-refractivity contribution in [3.63, 3.8) is 0 Å². The van der Waals surface area contributed by atoms with Crippen LogP contribution in [-0.4, -0.2) is 37.7 Å². The molecule has 0 aliphatic heterocycles. The highest BCUT2D eigenvalue weighted by molar-refractivity contribution is 5.81. The summed E-state index contributed by atoms with van der Waals surface area (Å²) in [5.41, 5.74) is 0. The first kappa shape index (κ1) is 15.4. The first-order valence-electron chi connectivity index (χ1n) is 6.23. The summed E-state index contributed by atoms with van der Waals surface area (Å²) >= 11 is 0. The topological polar surface area (TPSA) is 50.4 Å². The van der Waals surface area contributed by atoms with Crippen molar-refractivity contribution in [2.45, 2.75) is 52.6 Å². The van der Waals surface area contributed by atoms with Gasteiger partial charge in [-0.1, -0.05) is 13.3 Å². The van der Waals surface area contributed by atoms with Crippen molar-refractivity contribution in [2.24, 2.45) is 0 Å². The molecule has 0 fully saturated rings. The summed E-state index contributed by atoms with van der Waals surface area (Å²) in [6.45, 7) is 10.1. The van der Waals surface area contributed by atoms with E-state index >= 15 is 0 Å². The second-order valence-electron chi connectivity index (χ2n) is 4.09. The maximum Gasteiger partial charge on any atom is 0.236 e. The van der Waals surface area contributed by atoms with Gasteiger partial charge in [0.1, 0.15) is 0 Å². The van der Waals surface area contributed by atoms with E-state index in [4.69, 9.17) is 4.74 Å². The number of carbonyl (C=O) groups is 1. The van der Waals surface area contributed by atoms with E-state index < -0.39 is 0 Å². The molecule has 96 valence electrons. The summed E-state index contributed by atoms with van der Waals surface area (Å²) in [7, 11) is 0. The molecule has 2 N–H and O–H groups in total.